The van der Waals surface area contributed by atoms with Crippen LogP contribution in [0.2, 0.25) is 0 Å². The largest absolute Gasteiger partial charge is 0.312 e. The highest BCUT2D eigenvalue weighted by atomic mass is 32.2. The third-order valence-corrected chi connectivity index (χ3v) is 4.69. The maximum atomic E-state index is 11.5. The van der Waals surface area contributed by atoms with Crippen molar-refractivity contribution in [1.29, 1.82) is 0 Å². The molecule has 0 saturated heterocycles. The number of rotatable bonds is 7. The van der Waals surface area contributed by atoms with Crippen molar-refractivity contribution in [2.75, 3.05) is 26.4 Å². The van der Waals surface area contributed by atoms with Crippen LogP contribution in [0.5, 0.6) is 0 Å². The summed E-state index contributed by atoms with van der Waals surface area (Å²) in [6.45, 7) is 3.29. The summed E-state index contributed by atoms with van der Waals surface area (Å²) in [6, 6.07) is 8.36. The van der Waals surface area contributed by atoms with Gasteiger partial charge in [0.05, 0.1) is 5.75 Å². The number of benzene rings is 1. The lowest BCUT2D eigenvalue weighted by Gasteiger charge is -2.11. The number of aryl methyl sites for hydroxylation is 1. The summed E-state index contributed by atoms with van der Waals surface area (Å²) in [5.41, 5.74) is 2.49. The lowest BCUT2D eigenvalue weighted by Crippen LogP contribution is -2.30. The Hall–Kier alpha value is -0.910. The van der Waals surface area contributed by atoms with Crippen molar-refractivity contribution in [3.8, 4) is 0 Å². The minimum Gasteiger partial charge on any atom is -0.312 e. The van der Waals surface area contributed by atoms with Crippen LogP contribution in [0.3, 0.4) is 0 Å². The van der Waals surface area contributed by atoms with Gasteiger partial charge in [-0.25, -0.2) is 12.7 Å². The Morgan fingerprint density at radius 2 is 1.67 bits per heavy atom. The summed E-state index contributed by atoms with van der Waals surface area (Å²) in [7, 11) is 0.0163. The van der Waals surface area contributed by atoms with Crippen molar-refractivity contribution in [2.45, 2.75) is 19.9 Å². The third kappa shape index (κ3) is 4.76. The van der Waals surface area contributed by atoms with Crippen LogP contribution in [0.1, 0.15) is 18.1 Å². The maximum absolute atomic E-state index is 11.5. The van der Waals surface area contributed by atoms with Crippen LogP contribution in [0.25, 0.3) is 0 Å². The van der Waals surface area contributed by atoms with E-state index >= 15 is 0 Å². The van der Waals surface area contributed by atoms with Gasteiger partial charge in [-0.05, 0) is 17.5 Å². The van der Waals surface area contributed by atoms with Gasteiger partial charge < -0.3 is 5.32 Å². The van der Waals surface area contributed by atoms with E-state index in [-0.39, 0.29) is 5.75 Å². The number of nitrogens with zero attached hydrogens (tertiary/aromatic N) is 1. The van der Waals surface area contributed by atoms with Crippen LogP contribution in [-0.4, -0.2) is 39.1 Å². The Morgan fingerprint density at radius 3 is 2.17 bits per heavy atom. The molecule has 1 rings (SSSR count). The van der Waals surface area contributed by atoms with Gasteiger partial charge in [0.15, 0.2) is 0 Å². The third-order valence-electron chi connectivity index (χ3n) is 2.85. The van der Waals surface area contributed by atoms with Crippen molar-refractivity contribution in [2.24, 2.45) is 0 Å². The van der Waals surface area contributed by atoms with Crippen molar-refractivity contribution < 1.29 is 8.42 Å². The first-order valence-electron chi connectivity index (χ1n) is 6.14. The molecule has 0 atom stereocenters. The van der Waals surface area contributed by atoms with Crippen molar-refractivity contribution in [3.63, 3.8) is 0 Å². The van der Waals surface area contributed by atoms with Gasteiger partial charge in [0.25, 0.3) is 0 Å². The molecule has 0 aliphatic carbocycles. The van der Waals surface area contributed by atoms with Gasteiger partial charge in [0.1, 0.15) is 0 Å². The van der Waals surface area contributed by atoms with Crippen LogP contribution < -0.4 is 5.32 Å². The zero-order valence-corrected chi connectivity index (χ0v) is 12.1. The number of nitrogens with one attached hydrogen (secondary N) is 1. The summed E-state index contributed by atoms with van der Waals surface area (Å²) in [5, 5.41) is 3.14. The van der Waals surface area contributed by atoms with E-state index in [2.05, 4.69) is 36.5 Å². The van der Waals surface area contributed by atoms with Gasteiger partial charge >= 0.3 is 0 Å². The Morgan fingerprint density at radius 1 is 1.11 bits per heavy atom. The van der Waals surface area contributed by atoms with E-state index in [0.717, 1.165) is 6.42 Å². The molecular formula is C13H22N2O2S. The number of hydrogen-bond donors (Lipinski definition) is 1. The normalized spacial score (nSPS) is 12.0. The van der Waals surface area contributed by atoms with E-state index in [0.29, 0.717) is 13.1 Å². The zero-order valence-electron chi connectivity index (χ0n) is 11.3. The Balaban J connectivity index is 2.34. The number of sulfonamides is 1. The summed E-state index contributed by atoms with van der Waals surface area (Å²) < 4.78 is 24.3. The van der Waals surface area contributed by atoms with Crippen LogP contribution >= 0.6 is 0 Å². The molecule has 1 aromatic carbocycles. The smallest absolute Gasteiger partial charge is 0.214 e. The van der Waals surface area contributed by atoms with Crippen LogP contribution in [0, 0.1) is 0 Å². The van der Waals surface area contributed by atoms with E-state index in [9.17, 15) is 8.42 Å². The van der Waals surface area contributed by atoms with E-state index in [1.165, 1.54) is 15.4 Å². The van der Waals surface area contributed by atoms with Crippen LogP contribution in [0.4, 0.5) is 0 Å². The molecule has 0 unspecified atom stereocenters. The average molecular weight is 270 g/mol. The second kappa shape index (κ2) is 6.87. The van der Waals surface area contributed by atoms with Gasteiger partial charge in [-0.3, -0.25) is 0 Å². The van der Waals surface area contributed by atoms with E-state index < -0.39 is 10.0 Å². The van der Waals surface area contributed by atoms with Gasteiger partial charge in [-0.15, -0.1) is 0 Å². The summed E-state index contributed by atoms with van der Waals surface area (Å²) in [5.74, 6) is 0.132. The first-order valence-corrected chi connectivity index (χ1v) is 7.75. The second-order valence-corrected chi connectivity index (χ2v) is 6.75. The quantitative estimate of drug-likeness (QED) is 0.758. The predicted octanol–water partition coefficient (Wildman–Crippen LogP) is 1.23. The highest BCUT2D eigenvalue weighted by Crippen LogP contribution is 2.04. The zero-order chi connectivity index (χ0) is 13.6. The molecule has 0 bridgehead atoms. The van der Waals surface area contributed by atoms with E-state index in [1.54, 1.807) is 14.1 Å². The Bertz CT molecular complexity index is 452. The van der Waals surface area contributed by atoms with Gasteiger partial charge in [-0.1, -0.05) is 31.2 Å². The van der Waals surface area contributed by atoms with Gasteiger partial charge in [-0.2, -0.15) is 0 Å². The fraction of sp³-hybridized carbons (Fsp3) is 0.538. The first-order chi connectivity index (χ1) is 8.45. The predicted molar refractivity (Wildman–Crippen MR) is 75.0 cm³/mol. The molecule has 0 heterocycles. The molecule has 0 fully saturated rings. The van der Waals surface area contributed by atoms with Crippen molar-refractivity contribution in [1.82, 2.24) is 9.62 Å². The monoisotopic (exact) mass is 270 g/mol. The summed E-state index contributed by atoms with van der Waals surface area (Å²) in [4.78, 5) is 0. The van der Waals surface area contributed by atoms with Crippen molar-refractivity contribution >= 4 is 10.0 Å². The molecule has 0 aliphatic rings. The topological polar surface area (TPSA) is 49.4 Å². The highest BCUT2D eigenvalue weighted by molar-refractivity contribution is 7.89. The SMILES string of the molecule is CCc1ccc(CNCCS(=O)(=O)N(C)C)cc1. The molecule has 1 aromatic rings. The molecular weight excluding hydrogens is 248 g/mol. The van der Waals surface area contributed by atoms with Crippen molar-refractivity contribution in [3.05, 3.63) is 35.4 Å². The maximum Gasteiger partial charge on any atom is 0.214 e. The molecule has 0 saturated carbocycles. The van der Waals surface area contributed by atoms with E-state index in [1.807, 2.05) is 0 Å². The van der Waals surface area contributed by atoms with Crippen LogP contribution in [-0.2, 0) is 23.0 Å². The minimum absolute atomic E-state index is 0.132. The summed E-state index contributed by atoms with van der Waals surface area (Å²) in [6.07, 6.45) is 1.04. The second-order valence-electron chi connectivity index (χ2n) is 4.45. The molecule has 0 radical (unpaired) electrons. The fourth-order valence-electron chi connectivity index (χ4n) is 1.51. The molecule has 18 heavy (non-hydrogen) atoms. The Kier molecular flexibility index (Phi) is 5.78. The molecule has 1 N–H and O–H groups in total. The molecule has 5 heteroatoms. The van der Waals surface area contributed by atoms with Gasteiger partial charge in [0.2, 0.25) is 10.0 Å². The van der Waals surface area contributed by atoms with Crippen LogP contribution in [0.15, 0.2) is 24.3 Å². The number of hydrogen-bond acceptors (Lipinski definition) is 3. The molecule has 0 aromatic heterocycles. The highest BCUT2D eigenvalue weighted by Gasteiger charge is 2.12. The fourth-order valence-corrected chi connectivity index (χ4v) is 2.28. The lowest BCUT2D eigenvalue weighted by atomic mass is 10.1. The molecule has 4 nitrogen and oxygen atoms in total. The lowest BCUT2D eigenvalue weighted by molar-refractivity contribution is 0.517. The standard InChI is InChI=1S/C13H22N2O2S/c1-4-12-5-7-13(8-6-12)11-14-9-10-18(16,17)15(2)3/h5-8,14H,4,9-11H2,1-3H3. The molecule has 102 valence electrons. The molecule has 0 spiro atoms. The minimum atomic E-state index is -3.09. The Labute approximate surface area is 110 Å². The van der Waals surface area contributed by atoms with E-state index in [4.69, 9.17) is 0 Å². The van der Waals surface area contributed by atoms with Gasteiger partial charge in [0, 0.05) is 27.2 Å². The molecule has 0 amide bonds. The average Bonchev–Trinajstić information content (AvgIpc) is 2.35. The first kappa shape index (κ1) is 15.1. The molecule has 0 aliphatic heterocycles. The summed E-state index contributed by atoms with van der Waals surface area (Å²) >= 11 is 0.